The maximum atomic E-state index is 12.2. The van der Waals surface area contributed by atoms with E-state index in [1.807, 2.05) is 19.9 Å². The zero-order valence-electron chi connectivity index (χ0n) is 12.4. The van der Waals surface area contributed by atoms with Gasteiger partial charge in [-0.3, -0.25) is 4.79 Å². The molecule has 1 rings (SSSR count). The Morgan fingerprint density at radius 1 is 1.29 bits per heavy atom. The van der Waals surface area contributed by atoms with Gasteiger partial charge < -0.3 is 4.74 Å². The van der Waals surface area contributed by atoms with E-state index in [1.54, 1.807) is 24.3 Å². The molecule has 0 amide bonds. The van der Waals surface area contributed by atoms with Gasteiger partial charge >= 0.3 is 5.97 Å². The molecule has 0 saturated carbocycles. The van der Waals surface area contributed by atoms with Crippen LogP contribution in [-0.4, -0.2) is 26.2 Å². The molecule has 1 aromatic carbocycles. The Bertz CT molecular complexity index is 644. The van der Waals surface area contributed by atoms with Gasteiger partial charge in [0.25, 0.3) is 0 Å². The molecular weight excluding hydrogens is 290 g/mol. The summed E-state index contributed by atoms with van der Waals surface area (Å²) in [5.74, 6) is -0.962. The number of esters is 1. The molecule has 0 heterocycles. The van der Waals surface area contributed by atoms with Gasteiger partial charge in [-0.2, -0.15) is 5.26 Å². The highest BCUT2D eigenvalue weighted by atomic mass is 32.2. The third-order valence-electron chi connectivity index (χ3n) is 2.92. The highest BCUT2D eigenvalue weighted by molar-refractivity contribution is 7.92. The van der Waals surface area contributed by atoms with Gasteiger partial charge in [-0.1, -0.05) is 32.0 Å². The van der Waals surface area contributed by atoms with Crippen molar-refractivity contribution in [2.24, 2.45) is 5.92 Å². The first-order valence-corrected chi connectivity index (χ1v) is 8.35. The molecule has 0 aliphatic rings. The van der Waals surface area contributed by atoms with Crippen LogP contribution in [0.15, 0.2) is 24.3 Å². The molecule has 0 aromatic heterocycles. The maximum absolute atomic E-state index is 12.2. The SMILES string of the molecule is CC(C)COC(=O)C(C)S(=O)(=O)Cc1ccccc1C#N. The number of carbonyl (C=O) groups excluding carboxylic acids is 1. The molecule has 21 heavy (non-hydrogen) atoms. The maximum Gasteiger partial charge on any atom is 0.324 e. The van der Waals surface area contributed by atoms with Gasteiger partial charge in [0, 0.05) is 0 Å². The van der Waals surface area contributed by atoms with Gasteiger partial charge in [0.05, 0.1) is 24.0 Å². The Morgan fingerprint density at radius 2 is 1.90 bits per heavy atom. The van der Waals surface area contributed by atoms with E-state index < -0.39 is 21.1 Å². The van der Waals surface area contributed by atoms with Crippen LogP contribution in [0.25, 0.3) is 0 Å². The molecule has 0 spiro atoms. The van der Waals surface area contributed by atoms with Crippen LogP contribution in [0.5, 0.6) is 0 Å². The first-order valence-electron chi connectivity index (χ1n) is 6.64. The Hall–Kier alpha value is -1.87. The molecule has 0 N–H and O–H groups in total. The van der Waals surface area contributed by atoms with E-state index in [0.29, 0.717) is 11.1 Å². The smallest absolute Gasteiger partial charge is 0.324 e. The second kappa shape index (κ2) is 7.23. The molecule has 0 saturated heterocycles. The molecule has 1 atom stereocenters. The van der Waals surface area contributed by atoms with Crippen molar-refractivity contribution in [3.63, 3.8) is 0 Å². The van der Waals surface area contributed by atoms with Gasteiger partial charge in [0.2, 0.25) is 0 Å². The average Bonchev–Trinajstić information content (AvgIpc) is 2.44. The third kappa shape index (κ3) is 4.87. The molecule has 0 fully saturated rings. The van der Waals surface area contributed by atoms with Crippen molar-refractivity contribution in [3.05, 3.63) is 35.4 Å². The van der Waals surface area contributed by atoms with Gasteiger partial charge in [0.15, 0.2) is 15.1 Å². The van der Waals surface area contributed by atoms with Crippen molar-refractivity contribution in [2.75, 3.05) is 6.61 Å². The van der Waals surface area contributed by atoms with Gasteiger partial charge in [0.1, 0.15) is 0 Å². The normalized spacial score (nSPS) is 12.7. The van der Waals surface area contributed by atoms with E-state index in [-0.39, 0.29) is 18.3 Å². The van der Waals surface area contributed by atoms with Crippen molar-refractivity contribution in [3.8, 4) is 6.07 Å². The summed E-state index contributed by atoms with van der Waals surface area (Å²) in [6.07, 6.45) is 0. The average molecular weight is 309 g/mol. The van der Waals surface area contributed by atoms with Crippen molar-refractivity contribution in [1.82, 2.24) is 0 Å². The minimum Gasteiger partial charge on any atom is -0.464 e. The monoisotopic (exact) mass is 309 g/mol. The minimum absolute atomic E-state index is 0.142. The molecule has 1 unspecified atom stereocenters. The van der Waals surface area contributed by atoms with Crippen LogP contribution in [0.2, 0.25) is 0 Å². The zero-order valence-corrected chi connectivity index (χ0v) is 13.2. The summed E-state index contributed by atoms with van der Waals surface area (Å²) in [5.41, 5.74) is 0.687. The predicted octanol–water partition coefficient (Wildman–Crippen LogP) is 2.06. The summed E-state index contributed by atoms with van der Waals surface area (Å²) < 4.78 is 29.5. The van der Waals surface area contributed by atoms with E-state index in [9.17, 15) is 13.2 Å². The quantitative estimate of drug-likeness (QED) is 0.751. The summed E-state index contributed by atoms with van der Waals surface area (Å²) in [4.78, 5) is 11.8. The molecule has 0 radical (unpaired) electrons. The molecule has 0 bridgehead atoms. The Morgan fingerprint density at radius 3 is 2.48 bits per heavy atom. The second-order valence-corrected chi connectivity index (χ2v) is 7.56. The van der Waals surface area contributed by atoms with Crippen LogP contribution in [0.3, 0.4) is 0 Å². The molecular formula is C15H19NO4S. The van der Waals surface area contributed by atoms with Crippen LogP contribution in [0.1, 0.15) is 31.9 Å². The summed E-state index contributed by atoms with van der Waals surface area (Å²) in [6, 6.07) is 8.39. The molecule has 1 aromatic rings. The van der Waals surface area contributed by atoms with E-state index in [4.69, 9.17) is 10.00 Å². The first kappa shape index (κ1) is 17.2. The topological polar surface area (TPSA) is 84.2 Å². The molecule has 0 aliphatic heterocycles. The number of benzene rings is 1. The standard InChI is InChI=1S/C15H19NO4S/c1-11(2)9-20-15(17)12(3)21(18,19)10-14-7-5-4-6-13(14)8-16/h4-7,11-12H,9-10H2,1-3H3. The largest absolute Gasteiger partial charge is 0.464 e. The summed E-state index contributed by atoms with van der Waals surface area (Å²) in [5, 5.41) is 7.72. The number of rotatable bonds is 6. The number of nitriles is 1. The number of ether oxygens (including phenoxy) is 1. The molecule has 114 valence electrons. The lowest BCUT2D eigenvalue weighted by molar-refractivity contribution is -0.143. The summed E-state index contributed by atoms with van der Waals surface area (Å²) >= 11 is 0. The highest BCUT2D eigenvalue weighted by Gasteiger charge is 2.30. The van der Waals surface area contributed by atoms with E-state index in [0.717, 1.165) is 0 Å². The van der Waals surface area contributed by atoms with Crippen molar-refractivity contribution >= 4 is 15.8 Å². The fourth-order valence-corrected chi connectivity index (χ4v) is 2.91. The number of carbonyl (C=O) groups is 1. The number of hydrogen-bond acceptors (Lipinski definition) is 5. The van der Waals surface area contributed by atoms with E-state index in [1.165, 1.54) is 6.92 Å². The van der Waals surface area contributed by atoms with Crippen molar-refractivity contribution in [1.29, 1.82) is 5.26 Å². The number of hydrogen-bond donors (Lipinski definition) is 0. The van der Waals surface area contributed by atoms with Crippen LogP contribution >= 0.6 is 0 Å². The molecule has 5 nitrogen and oxygen atoms in total. The number of nitrogens with zero attached hydrogens (tertiary/aromatic N) is 1. The van der Waals surface area contributed by atoms with Gasteiger partial charge in [-0.25, -0.2) is 8.42 Å². The van der Waals surface area contributed by atoms with Crippen LogP contribution in [-0.2, 0) is 25.1 Å². The minimum atomic E-state index is -3.72. The fourth-order valence-electron chi connectivity index (χ4n) is 1.61. The summed E-state index contributed by atoms with van der Waals surface area (Å²) in [7, 11) is -3.72. The van der Waals surface area contributed by atoms with Gasteiger partial charge in [-0.05, 0) is 24.5 Å². The zero-order chi connectivity index (χ0) is 16.0. The lowest BCUT2D eigenvalue weighted by atomic mass is 10.1. The summed E-state index contributed by atoms with van der Waals surface area (Å²) in [6.45, 7) is 5.24. The first-order chi connectivity index (χ1) is 9.77. The van der Waals surface area contributed by atoms with E-state index >= 15 is 0 Å². The van der Waals surface area contributed by atoms with Crippen LogP contribution in [0.4, 0.5) is 0 Å². The lowest BCUT2D eigenvalue weighted by Crippen LogP contribution is -2.31. The second-order valence-electron chi connectivity index (χ2n) is 5.24. The van der Waals surface area contributed by atoms with Crippen molar-refractivity contribution in [2.45, 2.75) is 31.8 Å². The molecule has 0 aliphatic carbocycles. The van der Waals surface area contributed by atoms with Crippen LogP contribution < -0.4 is 0 Å². The number of sulfone groups is 1. The van der Waals surface area contributed by atoms with E-state index in [2.05, 4.69) is 0 Å². The molecule has 6 heteroatoms. The highest BCUT2D eigenvalue weighted by Crippen LogP contribution is 2.16. The Labute approximate surface area is 125 Å². The lowest BCUT2D eigenvalue weighted by Gasteiger charge is -2.14. The predicted molar refractivity (Wildman–Crippen MR) is 79.0 cm³/mol. The third-order valence-corrected chi connectivity index (χ3v) is 4.91. The Kier molecular flexibility index (Phi) is 5.91. The van der Waals surface area contributed by atoms with Crippen LogP contribution in [0, 0.1) is 17.2 Å². The van der Waals surface area contributed by atoms with Gasteiger partial charge in [-0.15, -0.1) is 0 Å². The fraction of sp³-hybridized carbons (Fsp3) is 0.467. The Balaban J connectivity index is 2.86. The van der Waals surface area contributed by atoms with Crippen molar-refractivity contribution < 1.29 is 17.9 Å².